The highest BCUT2D eigenvalue weighted by Crippen LogP contribution is 2.14. The first-order valence-corrected chi connectivity index (χ1v) is 8.57. The van der Waals surface area contributed by atoms with Gasteiger partial charge in [-0.15, -0.1) is 0 Å². The first kappa shape index (κ1) is 19.2. The Kier molecular flexibility index (Phi) is 10.4. The van der Waals surface area contributed by atoms with E-state index in [1.165, 1.54) is 0 Å². The number of unbranched alkanes of at least 4 members (excludes halogenated alkanes) is 1. The quantitative estimate of drug-likeness (QED) is 0.630. The molecule has 5 heteroatoms. The van der Waals surface area contributed by atoms with Gasteiger partial charge in [0.25, 0.3) is 0 Å². The number of amides is 1. The number of hydrogen-bond acceptors (Lipinski definition) is 4. The molecule has 0 fully saturated rings. The molecule has 0 spiro atoms. The molecule has 2 atom stereocenters. The Labute approximate surface area is 126 Å². The number of carbonyl (C=O) groups is 3. The van der Waals surface area contributed by atoms with Crippen molar-refractivity contribution in [3.8, 4) is 0 Å². The zero-order valence-electron chi connectivity index (χ0n) is 13.0. The minimum absolute atomic E-state index is 0.00820. The molecule has 0 bridgehead atoms. The molecule has 1 unspecified atom stereocenters. The van der Waals surface area contributed by atoms with Gasteiger partial charge in [0.05, 0.1) is 0 Å². The van der Waals surface area contributed by atoms with Gasteiger partial charge in [0.2, 0.25) is 11.0 Å². The van der Waals surface area contributed by atoms with E-state index in [-0.39, 0.29) is 22.7 Å². The van der Waals surface area contributed by atoms with Crippen LogP contribution < -0.4 is 5.32 Å². The molecule has 1 amide bonds. The van der Waals surface area contributed by atoms with Crippen molar-refractivity contribution in [2.75, 3.05) is 6.26 Å². The fourth-order valence-corrected chi connectivity index (χ4v) is 2.37. The lowest BCUT2D eigenvalue weighted by molar-refractivity contribution is -0.125. The molecule has 4 nitrogen and oxygen atoms in total. The number of ketones is 1. The van der Waals surface area contributed by atoms with Crippen LogP contribution in [0.4, 0.5) is 0 Å². The lowest BCUT2D eigenvalue weighted by Gasteiger charge is -2.22. The topological polar surface area (TPSA) is 63.2 Å². The van der Waals surface area contributed by atoms with Crippen LogP contribution in [0.5, 0.6) is 0 Å². The summed E-state index contributed by atoms with van der Waals surface area (Å²) in [5.74, 6) is 0.280. The highest BCUT2D eigenvalue weighted by atomic mass is 32.2. The van der Waals surface area contributed by atoms with Crippen molar-refractivity contribution < 1.29 is 14.4 Å². The van der Waals surface area contributed by atoms with E-state index in [0.29, 0.717) is 25.7 Å². The third kappa shape index (κ3) is 7.68. The number of thioether (sulfide) groups is 1. The molecule has 1 N–H and O–H groups in total. The molecule has 0 heterocycles. The van der Waals surface area contributed by atoms with Gasteiger partial charge in [-0.3, -0.25) is 14.4 Å². The number of rotatable bonds is 10. The van der Waals surface area contributed by atoms with Crippen LogP contribution in [0.25, 0.3) is 0 Å². The van der Waals surface area contributed by atoms with Crippen molar-refractivity contribution in [2.45, 2.75) is 65.3 Å². The number of Topliss-reactive ketones (excluding diaryl/α,β-unsaturated/α-hetero) is 1. The third-order valence-corrected chi connectivity index (χ3v) is 4.14. The normalized spacial score (nSPS) is 13.6. The van der Waals surface area contributed by atoms with Gasteiger partial charge in [-0.25, -0.2) is 0 Å². The van der Waals surface area contributed by atoms with Gasteiger partial charge in [-0.2, -0.15) is 0 Å². The fraction of sp³-hybridized carbons (Fsp3) is 0.800. The second-order valence-corrected chi connectivity index (χ2v) is 5.86. The highest BCUT2D eigenvalue weighted by Gasteiger charge is 2.24. The summed E-state index contributed by atoms with van der Waals surface area (Å²) in [6.45, 7) is 5.83. The average Bonchev–Trinajstić information content (AvgIpc) is 2.47. The first-order chi connectivity index (χ1) is 9.46. The van der Waals surface area contributed by atoms with Crippen LogP contribution in [0, 0.1) is 5.92 Å². The van der Waals surface area contributed by atoms with E-state index in [9.17, 15) is 14.4 Å². The van der Waals surface area contributed by atoms with E-state index in [2.05, 4.69) is 5.32 Å². The molecule has 0 aliphatic rings. The molecule has 0 aliphatic carbocycles. The van der Waals surface area contributed by atoms with Gasteiger partial charge < -0.3 is 5.32 Å². The second kappa shape index (κ2) is 10.9. The average molecular weight is 301 g/mol. The van der Waals surface area contributed by atoms with E-state index < -0.39 is 6.04 Å². The van der Waals surface area contributed by atoms with E-state index in [1.54, 1.807) is 6.26 Å². The van der Waals surface area contributed by atoms with Crippen molar-refractivity contribution in [1.29, 1.82) is 0 Å². The molecular formula is C15H27NO3S. The Morgan fingerprint density at radius 3 is 2.20 bits per heavy atom. The molecule has 0 aromatic carbocycles. The molecule has 116 valence electrons. The fourth-order valence-electron chi connectivity index (χ4n) is 1.83. The smallest absolute Gasteiger partial charge is 0.220 e. The van der Waals surface area contributed by atoms with E-state index in [0.717, 1.165) is 24.6 Å². The van der Waals surface area contributed by atoms with Crippen molar-refractivity contribution in [3.63, 3.8) is 0 Å². The number of hydrogen-bond donors (Lipinski definition) is 1. The maximum absolute atomic E-state index is 11.9. The number of nitrogens with one attached hydrogen (secondary N) is 1. The minimum atomic E-state index is -0.403. The summed E-state index contributed by atoms with van der Waals surface area (Å²) >= 11 is 1.16. The van der Waals surface area contributed by atoms with E-state index in [4.69, 9.17) is 0 Å². The van der Waals surface area contributed by atoms with Gasteiger partial charge in [-0.1, -0.05) is 39.0 Å². The van der Waals surface area contributed by atoms with Crippen LogP contribution in [0.2, 0.25) is 0 Å². The van der Waals surface area contributed by atoms with Crippen LogP contribution in [0.1, 0.15) is 59.3 Å². The van der Waals surface area contributed by atoms with Crippen molar-refractivity contribution in [2.24, 2.45) is 5.92 Å². The molecule has 0 aliphatic heterocycles. The minimum Gasteiger partial charge on any atom is -0.345 e. The van der Waals surface area contributed by atoms with Gasteiger partial charge in [0, 0.05) is 19.3 Å². The Morgan fingerprint density at radius 1 is 1.10 bits per heavy atom. The monoisotopic (exact) mass is 301 g/mol. The predicted molar refractivity (Wildman–Crippen MR) is 83.7 cm³/mol. The summed E-state index contributed by atoms with van der Waals surface area (Å²) in [4.78, 5) is 34.8. The van der Waals surface area contributed by atoms with Crippen LogP contribution in [0.3, 0.4) is 0 Å². The van der Waals surface area contributed by atoms with Gasteiger partial charge >= 0.3 is 0 Å². The Hall–Kier alpha value is -0.840. The molecule has 0 saturated carbocycles. The zero-order valence-corrected chi connectivity index (χ0v) is 13.8. The van der Waals surface area contributed by atoms with Crippen LogP contribution in [0.15, 0.2) is 0 Å². The molecule has 0 radical (unpaired) electrons. The summed E-state index contributed by atoms with van der Waals surface area (Å²) in [5.41, 5.74) is 0. The molecule has 0 saturated heterocycles. The standard InChI is InChI=1S/C15H27NO3S/c1-5-11(3)14(15(19)20-4)16-13(18)10-8-7-9-12(17)6-2/h11,14H,5-10H2,1-4H3,(H,16,18)/t11?,14-/m0/s1. The lowest BCUT2D eigenvalue weighted by Crippen LogP contribution is -2.43. The van der Waals surface area contributed by atoms with Crippen molar-refractivity contribution >= 4 is 28.6 Å². The zero-order chi connectivity index (χ0) is 15.5. The van der Waals surface area contributed by atoms with Gasteiger partial charge in [-0.05, 0) is 25.0 Å². The third-order valence-electron chi connectivity index (χ3n) is 3.49. The van der Waals surface area contributed by atoms with Crippen molar-refractivity contribution in [3.05, 3.63) is 0 Å². The van der Waals surface area contributed by atoms with Crippen molar-refractivity contribution in [1.82, 2.24) is 5.32 Å². The second-order valence-electron chi connectivity index (χ2n) is 5.05. The maximum Gasteiger partial charge on any atom is 0.220 e. The van der Waals surface area contributed by atoms with Gasteiger partial charge in [0.1, 0.15) is 11.8 Å². The Balaban J connectivity index is 4.13. The van der Waals surface area contributed by atoms with E-state index >= 15 is 0 Å². The Bertz CT molecular complexity index is 331. The SMILES string of the molecule is CCC(=O)CCCCC(=O)N[C@H](C(=O)SC)C(C)CC. The molecule has 20 heavy (non-hydrogen) atoms. The van der Waals surface area contributed by atoms with Crippen LogP contribution in [-0.4, -0.2) is 29.1 Å². The first-order valence-electron chi connectivity index (χ1n) is 7.35. The molecule has 0 aromatic heterocycles. The van der Waals surface area contributed by atoms with E-state index in [1.807, 2.05) is 20.8 Å². The lowest BCUT2D eigenvalue weighted by atomic mass is 10.00. The largest absolute Gasteiger partial charge is 0.345 e. The summed E-state index contributed by atoms with van der Waals surface area (Å²) in [5, 5.41) is 2.83. The summed E-state index contributed by atoms with van der Waals surface area (Å²) in [7, 11) is 0. The molecular weight excluding hydrogens is 274 g/mol. The predicted octanol–water partition coefficient (Wildman–Crippen LogP) is 2.95. The summed E-state index contributed by atoms with van der Waals surface area (Å²) in [6.07, 6.45) is 5.50. The molecule has 0 aromatic rings. The maximum atomic E-state index is 11.9. The summed E-state index contributed by atoms with van der Waals surface area (Å²) in [6, 6.07) is -0.403. The Morgan fingerprint density at radius 2 is 1.70 bits per heavy atom. The summed E-state index contributed by atoms with van der Waals surface area (Å²) < 4.78 is 0. The van der Waals surface area contributed by atoms with Crippen LogP contribution in [-0.2, 0) is 14.4 Å². The molecule has 0 rings (SSSR count). The van der Waals surface area contributed by atoms with Crippen LogP contribution >= 0.6 is 11.8 Å². The number of carbonyl (C=O) groups excluding carboxylic acids is 3. The highest BCUT2D eigenvalue weighted by molar-refractivity contribution is 8.13. The van der Waals surface area contributed by atoms with Gasteiger partial charge in [0.15, 0.2) is 0 Å².